The fourth-order valence-electron chi connectivity index (χ4n) is 3.71. The maximum absolute atomic E-state index is 13.6. The number of aromatic nitrogens is 1. The number of amides is 1. The van der Waals surface area contributed by atoms with Crippen molar-refractivity contribution in [2.45, 2.75) is 77.5 Å². The van der Waals surface area contributed by atoms with Crippen LogP contribution < -0.4 is 16.0 Å². The number of pyridine rings is 1. The number of hydrogen-bond donors (Lipinski definition) is 2. The van der Waals surface area contributed by atoms with E-state index in [0.717, 1.165) is 6.26 Å². The minimum Gasteiger partial charge on any atom is -0.457 e. The number of hydrogen-bond acceptors (Lipinski definition) is 10. The molecule has 1 saturated heterocycles. The van der Waals surface area contributed by atoms with Gasteiger partial charge < -0.3 is 19.7 Å². The molecule has 11 nitrogen and oxygen atoms in total. The number of esters is 1. The lowest BCUT2D eigenvalue weighted by Crippen LogP contribution is -2.80. The Hall–Kier alpha value is -2.44. The molecule has 4 atom stereocenters. The second kappa shape index (κ2) is 9.67. The van der Waals surface area contributed by atoms with Gasteiger partial charge in [-0.1, -0.05) is 6.92 Å². The van der Waals surface area contributed by atoms with Gasteiger partial charge in [0.1, 0.15) is 23.3 Å². The van der Waals surface area contributed by atoms with Gasteiger partial charge in [-0.3, -0.25) is 14.9 Å². The minimum atomic E-state index is -3.98. The SMILES string of the molecule is CC1CN(c2ccncc2)C(N)(C(=O)OC(C)(C)C)C(NC(=O)OC(C)(C)C)C1OS(C)(=O)=O. The predicted octanol–water partition coefficient (Wildman–Crippen LogP) is 1.77. The molecule has 192 valence electrons. The van der Waals surface area contributed by atoms with Crippen molar-refractivity contribution in [3.63, 3.8) is 0 Å². The first-order chi connectivity index (χ1) is 15.3. The molecule has 1 aromatic heterocycles. The molecule has 0 aromatic carbocycles. The van der Waals surface area contributed by atoms with E-state index in [4.69, 9.17) is 19.4 Å². The molecule has 1 fully saturated rings. The van der Waals surface area contributed by atoms with Crippen molar-refractivity contribution in [1.82, 2.24) is 10.3 Å². The van der Waals surface area contributed by atoms with Gasteiger partial charge >= 0.3 is 12.1 Å². The fourth-order valence-corrected chi connectivity index (χ4v) is 4.41. The molecular weight excluding hydrogens is 464 g/mol. The number of carbonyl (C=O) groups is 2. The van der Waals surface area contributed by atoms with E-state index in [1.54, 1.807) is 65.5 Å². The summed E-state index contributed by atoms with van der Waals surface area (Å²) in [7, 11) is -3.98. The van der Waals surface area contributed by atoms with E-state index in [9.17, 15) is 18.0 Å². The van der Waals surface area contributed by atoms with E-state index in [1.807, 2.05) is 0 Å². The Balaban J connectivity index is 2.68. The summed E-state index contributed by atoms with van der Waals surface area (Å²) in [6.07, 6.45) is 1.89. The molecule has 0 aliphatic carbocycles. The molecule has 1 amide bonds. The van der Waals surface area contributed by atoms with Crippen LogP contribution in [0.1, 0.15) is 48.5 Å². The summed E-state index contributed by atoms with van der Waals surface area (Å²) in [5.74, 6) is -1.35. The van der Waals surface area contributed by atoms with Crippen molar-refractivity contribution in [1.29, 1.82) is 0 Å². The Labute approximate surface area is 201 Å². The van der Waals surface area contributed by atoms with Crippen LogP contribution in [0.2, 0.25) is 0 Å². The van der Waals surface area contributed by atoms with Crippen molar-refractivity contribution in [3.05, 3.63) is 24.5 Å². The van der Waals surface area contributed by atoms with Gasteiger partial charge in [0.05, 0.1) is 6.26 Å². The quantitative estimate of drug-likeness (QED) is 0.452. The highest BCUT2D eigenvalue weighted by atomic mass is 32.2. The largest absolute Gasteiger partial charge is 0.457 e. The number of rotatable bonds is 5. The summed E-state index contributed by atoms with van der Waals surface area (Å²) in [6, 6.07) is 1.95. The van der Waals surface area contributed by atoms with E-state index < -0.39 is 57.1 Å². The van der Waals surface area contributed by atoms with Crippen LogP contribution in [0.3, 0.4) is 0 Å². The summed E-state index contributed by atoms with van der Waals surface area (Å²) in [5.41, 5.74) is 3.51. The standard InChI is InChI=1S/C22H36N4O7S/c1-14-13-26(15-9-11-24-12-10-15)22(23,18(27)31-20(2,3)4)17(16(14)33-34(8,29)30)25-19(28)32-21(5,6)7/h9-12,14,16-17H,13,23H2,1-8H3,(H,25,28). The van der Waals surface area contributed by atoms with E-state index >= 15 is 0 Å². The maximum atomic E-state index is 13.6. The highest BCUT2D eigenvalue weighted by Gasteiger charge is 2.59. The van der Waals surface area contributed by atoms with E-state index in [-0.39, 0.29) is 6.54 Å². The summed E-state index contributed by atoms with van der Waals surface area (Å²) in [6.45, 7) is 11.9. The smallest absolute Gasteiger partial charge is 0.408 e. The molecule has 12 heteroatoms. The lowest BCUT2D eigenvalue weighted by molar-refractivity contribution is -0.166. The van der Waals surface area contributed by atoms with Crippen molar-refractivity contribution in [2.24, 2.45) is 11.7 Å². The first-order valence-electron chi connectivity index (χ1n) is 10.9. The first kappa shape index (κ1) is 27.8. The average Bonchev–Trinajstić information content (AvgIpc) is 2.64. The predicted molar refractivity (Wildman–Crippen MR) is 126 cm³/mol. The average molecular weight is 501 g/mol. The zero-order chi connectivity index (χ0) is 26.1. The molecular formula is C22H36N4O7S. The molecule has 0 spiro atoms. The number of nitrogens with zero attached hydrogens (tertiary/aromatic N) is 2. The number of piperidine rings is 1. The Bertz CT molecular complexity index is 989. The van der Waals surface area contributed by atoms with Crippen LogP contribution in [-0.2, 0) is 28.6 Å². The summed E-state index contributed by atoms with van der Waals surface area (Å²) >= 11 is 0. The Kier molecular flexibility index (Phi) is 7.90. The van der Waals surface area contributed by atoms with Gasteiger partial charge in [-0.2, -0.15) is 8.42 Å². The van der Waals surface area contributed by atoms with Crippen molar-refractivity contribution < 1.29 is 31.7 Å². The van der Waals surface area contributed by atoms with Gasteiger partial charge in [-0.15, -0.1) is 0 Å². The molecule has 1 aromatic rings. The summed E-state index contributed by atoms with van der Waals surface area (Å²) < 4.78 is 40.6. The number of ether oxygens (including phenoxy) is 2. The zero-order valence-electron chi connectivity index (χ0n) is 21.0. The summed E-state index contributed by atoms with van der Waals surface area (Å²) in [4.78, 5) is 32.0. The number of anilines is 1. The van der Waals surface area contributed by atoms with Crippen LogP contribution >= 0.6 is 0 Å². The van der Waals surface area contributed by atoms with Gasteiger partial charge in [0, 0.05) is 30.5 Å². The fraction of sp³-hybridized carbons (Fsp3) is 0.682. The molecule has 2 rings (SSSR count). The van der Waals surface area contributed by atoms with E-state index in [2.05, 4.69) is 10.3 Å². The van der Waals surface area contributed by atoms with Crippen molar-refractivity contribution >= 4 is 27.9 Å². The molecule has 3 N–H and O–H groups in total. The number of alkyl carbamates (subject to hydrolysis) is 1. The summed E-state index contributed by atoms with van der Waals surface area (Å²) in [5, 5.41) is 2.60. The number of nitrogens with one attached hydrogen (secondary N) is 1. The van der Waals surface area contributed by atoms with Gasteiger partial charge in [0.25, 0.3) is 10.1 Å². The Morgan fingerprint density at radius 2 is 1.65 bits per heavy atom. The zero-order valence-corrected chi connectivity index (χ0v) is 21.8. The van der Waals surface area contributed by atoms with Gasteiger partial charge in [-0.05, 0) is 53.7 Å². The second-order valence-corrected chi connectivity index (χ2v) is 12.1. The monoisotopic (exact) mass is 500 g/mol. The highest BCUT2D eigenvalue weighted by Crippen LogP contribution is 2.36. The molecule has 0 radical (unpaired) electrons. The van der Waals surface area contributed by atoms with Crippen LogP contribution in [0.15, 0.2) is 24.5 Å². The van der Waals surface area contributed by atoms with Crippen LogP contribution in [0.4, 0.5) is 10.5 Å². The van der Waals surface area contributed by atoms with Gasteiger partial charge in [-0.25, -0.2) is 9.59 Å². The topological polar surface area (TPSA) is 150 Å². The first-order valence-corrected chi connectivity index (χ1v) is 12.7. The van der Waals surface area contributed by atoms with Gasteiger partial charge in [0.2, 0.25) is 5.66 Å². The van der Waals surface area contributed by atoms with Crippen LogP contribution in [0.5, 0.6) is 0 Å². The number of nitrogens with two attached hydrogens (primary N) is 1. The highest BCUT2D eigenvalue weighted by molar-refractivity contribution is 7.86. The third-order valence-corrected chi connectivity index (χ3v) is 5.51. The molecule has 0 saturated carbocycles. The molecule has 0 bridgehead atoms. The van der Waals surface area contributed by atoms with Crippen LogP contribution in [0.25, 0.3) is 0 Å². The van der Waals surface area contributed by atoms with Crippen LogP contribution in [0, 0.1) is 5.92 Å². The molecule has 2 heterocycles. The molecule has 1 aliphatic rings. The lowest BCUT2D eigenvalue weighted by Gasteiger charge is -2.53. The molecule has 4 unspecified atom stereocenters. The van der Waals surface area contributed by atoms with Gasteiger partial charge in [0.15, 0.2) is 0 Å². The lowest BCUT2D eigenvalue weighted by atomic mass is 9.81. The molecule has 1 aliphatic heterocycles. The Morgan fingerprint density at radius 3 is 2.12 bits per heavy atom. The minimum absolute atomic E-state index is 0.131. The van der Waals surface area contributed by atoms with Crippen molar-refractivity contribution in [2.75, 3.05) is 17.7 Å². The van der Waals surface area contributed by atoms with Crippen molar-refractivity contribution in [3.8, 4) is 0 Å². The van der Waals surface area contributed by atoms with E-state index in [0.29, 0.717) is 5.69 Å². The Morgan fingerprint density at radius 1 is 1.12 bits per heavy atom. The normalized spacial score (nSPS) is 26.0. The van der Waals surface area contributed by atoms with Crippen LogP contribution in [-0.4, -0.2) is 67.3 Å². The third-order valence-electron chi connectivity index (χ3n) is 4.94. The second-order valence-electron chi connectivity index (χ2n) is 10.5. The maximum Gasteiger partial charge on any atom is 0.408 e. The number of carbonyl (C=O) groups excluding carboxylic acids is 2. The van der Waals surface area contributed by atoms with E-state index in [1.165, 1.54) is 12.4 Å². The third kappa shape index (κ3) is 7.03. The molecule has 34 heavy (non-hydrogen) atoms.